The van der Waals surface area contributed by atoms with Crippen LogP contribution >= 0.6 is 0 Å². The SMILES string of the molecule is COCC1CN(c2ccc(CF)cc2CN(C)C)CCN1. The van der Waals surface area contributed by atoms with Gasteiger partial charge < -0.3 is 19.9 Å². The van der Waals surface area contributed by atoms with E-state index in [-0.39, 0.29) is 0 Å². The van der Waals surface area contributed by atoms with Crippen LogP contribution in [0.1, 0.15) is 11.1 Å². The van der Waals surface area contributed by atoms with Gasteiger partial charge >= 0.3 is 0 Å². The van der Waals surface area contributed by atoms with Crippen LogP contribution in [-0.2, 0) is 18.0 Å². The molecule has 1 N–H and O–H groups in total. The minimum Gasteiger partial charge on any atom is -0.383 e. The lowest BCUT2D eigenvalue weighted by Crippen LogP contribution is -2.52. The first kappa shape index (κ1) is 16.2. The maximum absolute atomic E-state index is 12.9. The Morgan fingerprint density at radius 2 is 2.24 bits per heavy atom. The molecule has 0 amide bonds. The lowest BCUT2D eigenvalue weighted by Gasteiger charge is -2.36. The van der Waals surface area contributed by atoms with E-state index in [4.69, 9.17) is 4.74 Å². The van der Waals surface area contributed by atoms with E-state index in [9.17, 15) is 4.39 Å². The quantitative estimate of drug-likeness (QED) is 0.863. The second-order valence-electron chi connectivity index (χ2n) is 5.89. The molecule has 5 heteroatoms. The van der Waals surface area contributed by atoms with Crippen LogP contribution < -0.4 is 10.2 Å². The molecular weight excluding hydrogens is 269 g/mol. The van der Waals surface area contributed by atoms with Crippen LogP contribution in [0.15, 0.2) is 18.2 Å². The van der Waals surface area contributed by atoms with Crippen LogP contribution in [0.25, 0.3) is 0 Å². The van der Waals surface area contributed by atoms with Crippen molar-refractivity contribution >= 4 is 5.69 Å². The first-order chi connectivity index (χ1) is 10.1. The molecule has 0 saturated carbocycles. The Kier molecular flexibility index (Phi) is 5.96. The van der Waals surface area contributed by atoms with E-state index >= 15 is 0 Å². The van der Waals surface area contributed by atoms with E-state index in [1.807, 2.05) is 26.2 Å². The predicted molar refractivity (Wildman–Crippen MR) is 84.5 cm³/mol. The Hall–Kier alpha value is -1.17. The van der Waals surface area contributed by atoms with Crippen molar-refractivity contribution in [2.75, 3.05) is 52.3 Å². The summed E-state index contributed by atoms with van der Waals surface area (Å²) in [4.78, 5) is 4.50. The second-order valence-corrected chi connectivity index (χ2v) is 5.89. The Morgan fingerprint density at radius 1 is 1.43 bits per heavy atom. The van der Waals surface area contributed by atoms with E-state index in [0.717, 1.165) is 31.7 Å². The van der Waals surface area contributed by atoms with Crippen molar-refractivity contribution < 1.29 is 9.13 Å². The number of nitrogens with one attached hydrogen (secondary N) is 1. The molecule has 21 heavy (non-hydrogen) atoms. The molecular formula is C16H26FN3O. The van der Waals surface area contributed by atoms with Crippen molar-refractivity contribution in [2.45, 2.75) is 19.3 Å². The van der Waals surface area contributed by atoms with Gasteiger partial charge in [-0.1, -0.05) is 6.07 Å². The molecule has 0 aliphatic carbocycles. The summed E-state index contributed by atoms with van der Waals surface area (Å²) in [5, 5.41) is 3.47. The molecule has 0 bridgehead atoms. The first-order valence-corrected chi connectivity index (χ1v) is 7.43. The van der Waals surface area contributed by atoms with Gasteiger partial charge in [0, 0.05) is 45.0 Å². The maximum atomic E-state index is 12.9. The van der Waals surface area contributed by atoms with E-state index in [2.05, 4.69) is 21.2 Å². The molecule has 1 aromatic rings. The molecule has 1 aliphatic rings. The van der Waals surface area contributed by atoms with Crippen molar-refractivity contribution in [2.24, 2.45) is 0 Å². The number of alkyl halides is 1. The molecule has 1 saturated heterocycles. The number of nitrogens with zero attached hydrogens (tertiary/aromatic N) is 2. The fourth-order valence-electron chi connectivity index (χ4n) is 2.85. The molecule has 1 aliphatic heterocycles. The van der Waals surface area contributed by atoms with Gasteiger partial charge in [-0.3, -0.25) is 0 Å². The summed E-state index contributed by atoms with van der Waals surface area (Å²) >= 11 is 0. The second kappa shape index (κ2) is 7.73. The maximum Gasteiger partial charge on any atom is 0.115 e. The monoisotopic (exact) mass is 295 g/mol. The highest BCUT2D eigenvalue weighted by molar-refractivity contribution is 5.55. The van der Waals surface area contributed by atoms with Gasteiger partial charge in [-0.25, -0.2) is 4.39 Å². The van der Waals surface area contributed by atoms with Crippen molar-refractivity contribution in [3.63, 3.8) is 0 Å². The number of ether oxygens (including phenoxy) is 1. The zero-order valence-corrected chi connectivity index (χ0v) is 13.2. The van der Waals surface area contributed by atoms with Gasteiger partial charge in [0.2, 0.25) is 0 Å². The van der Waals surface area contributed by atoms with E-state index in [0.29, 0.717) is 12.6 Å². The smallest absolute Gasteiger partial charge is 0.115 e. The Morgan fingerprint density at radius 3 is 2.90 bits per heavy atom. The van der Waals surface area contributed by atoms with Crippen LogP contribution in [-0.4, -0.2) is 58.4 Å². The zero-order chi connectivity index (χ0) is 15.2. The van der Waals surface area contributed by atoms with Crippen molar-refractivity contribution in [1.82, 2.24) is 10.2 Å². The highest BCUT2D eigenvalue weighted by atomic mass is 19.1. The zero-order valence-electron chi connectivity index (χ0n) is 13.2. The largest absolute Gasteiger partial charge is 0.383 e. The van der Waals surface area contributed by atoms with Crippen LogP contribution in [0.2, 0.25) is 0 Å². The highest BCUT2D eigenvalue weighted by Crippen LogP contribution is 2.25. The number of benzene rings is 1. The minimum atomic E-state index is -0.408. The summed E-state index contributed by atoms with van der Waals surface area (Å²) < 4.78 is 18.2. The lowest BCUT2D eigenvalue weighted by atomic mass is 10.1. The van der Waals surface area contributed by atoms with Crippen LogP contribution in [0.5, 0.6) is 0 Å². The van der Waals surface area contributed by atoms with Gasteiger partial charge in [0.05, 0.1) is 6.61 Å². The lowest BCUT2D eigenvalue weighted by molar-refractivity contribution is 0.163. The molecule has 1 unspecified atom stereocenters. The normalized spacial score (nSPS) is 19.3. The van der Waals surface area contributed by atoms with Gasteiger partial charge in [0.15, 0.2) is 0 Å². The third kappa shape index (κ3) is 4.40. The summed E-state index contributed by atoms with van der Waals surface area (Å²) in [6, 6.07) is 6.28. The Labute approximate surface area is 126 Å². The van der Waals surface area contributed by atoms with Gasteiger partial charge in [-0.2, -0.15) is 0 Å². The fourth-order valence-corrected chi connectivity index (χ4v) is 2.85. The minimum absolute atomic E-state index is 0.344. The third-order valence-electron chi connectivity index (χ3n) is 3.75. The predicted octanol–water partition coefficient (Wildman–Crippen LogP) is 1.64. The van der Waals surface area contributed by atoms with E-state index in [1.54, 1.807) is 7.11 Å². The molecule has 1 atom stereocenters. The average molecular weight is 295 g/mol. The summed E-state index contributed by atoms with van der Waals surface area (Å²) in [6.45, 7) is 3.96. The molecule has 1 heterocycles. The van der Waals surface area contributed by atoms with E-state index < -0.39 is 6.67 Å². The number of rotatable bonds is 6. The summed E-state index contributed by atoms with van der Waals surface area (Å²) in [7, 11) is 5.81. The molecule has 2 rings (SSSR count). The molecule has 1 fully saturated rings. The van der Waals surface area contributed by atoms with Gasteiger partial charge in [0.1, 0.15) is 6.67 Å². The Bertz CT molecular complexity index is 451. The van der Waals surface area contributed by atoms with E-state index in [1.165, 1.54) is 11.3 Å². The summed E-state index contributed by atoms with van der Waals surface area (Å²) in [5.74, 6) is 0. The van der Waals surface area contributed by atoms with Gasteiger partial charge in [0.25, 0.3) is 0 Å². The van der Waals surface area contributed by atoms with Gasteiger partial charge in [-0.05, 0) is 37.4 Å². The third-order valence-corrected chi connectivity index (χ3v) is 3.75. The Balaban J connectivity index is 2.20. The summed E-state index contributed by atoms with van der Waals surface area (Å²) in [5.41, 5.74) is 3.15. The van der Waals surface area contributed by atoms with Crippen molar-refractivity contribution in [3.05, 3.63) is 29.3 Å². The van der Waals surface area contributed by atoms with Gasteiger partial charge in [-0.15, -0.1) is 0 Å². The van der Waals surface area contributed by atoms with Crippen molar-refractivity contribution in [3.8, 4) is 0 Å². The van der Waals surface area contributed by atoms with Crippen LogP contribution in [0.4, 0.5) is 10.1 Å². The molecule has 0 spiro atoms. The number of piperazine rings is 1. The number of methoxy groups -OCH3 is 1. The number of hydrogen-bond acceptors (Lipinski definition) is 4. The first-order valence-electron chi connectivity index (χ1n) is 7.43. The standard InChI is InChI=1S/C16H26FN3O/c1-19(2)10-14-8-13(9-17)4-5-16(14)20-7-6-18-15(11-20)12-21-3/h4-5,8,15,18H,6-7,9-12H2,1-3H3. The number of halogens is 1. The molecule has 118 valence electrons. The average Bonchev–Trinajstić information content (AvgIpc) is 2.47. The molecule has 0 aromatic heterocycles. The van der Waals surface area contributed by atoms with Crippen LogP contribution in [0.3, 0.4) is 0 Å². The van der Waals surface area contributed by atoms with Crippen LogP contribution in [0, 0.1) is 0 Å². The number of anilines is 1. The molecule has 4 nitrogen and oxygen atoms in total. The highest BCUT2D eigenvalue weighted by Gasteiger charge is 2.21. The molecule has 0 radical (unpaired) electrons. The summed E-state index contributed by atoms with van der Waals surface area (Å²) in [6.07, 6.45) is 0. The topological polar surface area (TPSA) is 27.7 Å². The number of hydrogen-bond donors (Lipinski definition) is 1. The molecule has 1 aromatic carbocycles. The van der Waals surface area contributed by atoms with Crippen molar-refractivity contribution in [1.29, 1.82) is 0 Å². The fraction of sp³-hybridized carbons (Fsp3) is 0.625.